The summed E-state index contributed by atoms with van der Waals surface area (Å²) in [6.45, 7) is 4.71. The Bertz CT molecular complexity index is 1150. The topological polar surface area (TPSA) is 121 Å². The molecule has 4 rings (SSSR count). The van der Waals surface area contributed by atoms with Crippen LogP contribution >= 0.6 is 0 Å². The van der Waals surface area contributed by atoms with E-state index in [-0.39, 0.29) is 23.5 Å². The van der Waals surface area contributed by atoms with Gasteiger partial charge in [0.2, 0.25) is 11.8 Å². The van der Waals surface area contributed by atoms with Gasteiger partial charge in [0.05, 0.1) is 20.7 Å². The van der Waals surface area contributed by atoms with Gasteiger partial charge in [-0.05, 0) is 31.0 Å². The number of carbonyl (C=O) groups excluding carboxylic acids is 4. The van der Waals surface area contributed by atoms with Crippen LogP contribution in [0.5, 0.6) is 0 Å². The third-order valence-corrected chi connectivity index (χ3v) is 9.29. The van der Waals surface area contributed by atoms with Crippen LogP contribution in [0.2, 0.25) is 19.1 Å². The molecular formula is C23H29FN4O5Si. The number of hydrogen-bond donors (Lipinski definition) is 3. The van der Waals surface area contributed by atoms with Crippen molar-refractivity contribution in [1.82, 2.24) is 20.5 Å². The second-order valence-corrected chi connectivity index (χ2v) is 14.9. The smallest absolute Gasteiger partial charge is 0.328 e. The zero-order valence-electron chi connectivity index (χ0n) is 19.4. The predicted molar refractivity (Wildman–Crippen MR) is 125 cm³/mol. The molecule has 0 aliphatic carbocycles. The summed E-state index contributed by atoms with van der Waals surface area (Å²) >= 11 is 0. The van der Waals surface area contributed by atoms with Crippen LogP contribution in [-0.4, -0.2) is 73.6 Å². The standard InChI is InChI=1S/C23H29FN4O5Si/c1-33-23(32)17(10-14-7-8-25-20(14)29)27-21(30)18-11-34(2,3)12-28(18)22(31)16-9-13-5-4-6-15(24)19(13)26-16/h4-6,9,14,17-18,26H,7-8,10-12H2,1-3H3,(H,25,29)(H,27,30)/t14-,17-,18-/m0/s1. The number of ether oxygens (including phenoxy) is 1. The number of amides is 3. The zero-order chi connectivity index (χ0) is 24.6. The number of carbonyl (C=O) groups is 4. The molecule has 3 N–H and O–H groups in total. The highest BCUT2D eigenvalue weighted by atomic mass is 28.3. The maximum Gasteiger partial charge on any atom is 0.328 e. The highest BCUT2D eigenvalue weighted by Gasteiger charge is 2.46. The van der Waals surface area contributed by atoms with Crippen molar-refractivity contribution in [2.24, 2.45) is 5.92 Å². The lowest BCUT2D eigenvalue weighted by Gasteiger charge is -2.26. The molecule has 0 spiro atoms. The van der Waals surface area contributed by atoms with Crippen molar-refractivity contribution in [1.29, 1.82) is 0 Å². The average molecular weight is 489 g/mol. The van der Waals surface area contributed by atoms with Crippen LogP contribution in [0.15, 0.2) is 24.3 Å². The highest BCUT2D eigenvalue weighted by molar-refractivity contribution is 6.79. The van der Waals surface area contributed by atoms with Crippen molar-refractivity contribution in [2.75, 3.05) is 19.8 Å². The van der Waals surface area contributed by atoms with Crippen LogP contribution in [0.25, 0.3) is 10.9 Å². The van der Waals surface area contributed by atoms with Crippen molar-refractivity contribution in [3.05, 3.63) is 35.8 Å². The molecule has 34 heavy (non-hydrogen) atoms. The molecule has 2 aliphatic heterocycles. The number of fused-ring (bicyclic) bond motifs is 1. The Morgan fingerprint density at radius 2 is 2.09 bits per heavy atom. The van der Waals surface area contributed by atoms with E-state index in [0.29, 0.717) is 30.6 Å². The van der Waals surface area contributed by atoms with E-state index in [1.807, 2.05) is 0 Å². The first-order valence-corrected chi connectivity index (χ1v) is 14.7. The number of aromatic amines is 1. The summed E-state index contributed by atoms with van der Waals surface area (Å²) in [7, 11) is -0.703. The molecule has 11 heteroatoms. The van der Waals surface area contributed by atoms with E-state index in [0.717, 1.165) is 0 Å². The molecule has 1 aromatic carbocycles. The second-order valence-electron chi connectivity index (χ2n) is 9.80. The van der Waals surface area contributed by atoms with Crippen LogP contribution in [0, 0.1) is 11.7 Å². The molecule has 2 fully saturated rings. The van der Waals surface area contributed by atoms with Gasteiger partial charge in [-0.2, -0.15) is 0 Å². The Kier molecular flexibility index (Phi) is 6.48. The number of para-hydroxylation sites is 1. The van der Waals surface area contributed by atoms with E-state index in [9.17, 15) is 23.6 Å². The van der Waals surface area contributed by atoms with E-state index in [4.69, 9.17) is 4.74 Å². The fraction of sp³-hybridized carbons (Fsp3) is 0.478. The number of nitrogens with one attached hydrogen (secondary N) is 3. The minimum atomic E-state index is -1.93. The number of H-pyrrole nitrogens is 1. The molecular weight excluding hydrogens is 459 g/mol. The molecule has 0 unspecified atom stereocenters. The molecule has 2 aromatic rings. The molecule has 3 amide bonds. The van der Waals surface area contributed by atoms with Gasteiger partial charge in [-0.25, -0.2) is 9.18 Å². The normalized spacial score (nSPS) is 22.5. The molecule has 2 saturated heterocycles. The van der Waals surface area contributed by atoms with E-state index >= 15 is 0 Å². The van der Waals surface area contributed by atoms with Gasteiger partial charge in [-0.1, -0.05) is 25.2 Å². The number of halogens is 1. The Labute approximate surface area is 197 Å². The minimum absolute atomic E-state index is 0.132. The summed E-state index contributed by atoms with van der Waals surface area (Å²) in [5.74, 6) is -2.48. The van der Waals surface area contributed by atoms with E-state index < -0.39 is 49.7 Å². The van der Waals surface area contributed by atoms with E-state index in [1.165, 1.54) is 18.1 Å². The van der Waals surface area contributed by atoms with Crippen molar-refractivity contribution in [3.63, 3.8) is 0 Å². The van der Waals surface area contributed by atoms with Crippen LogP contribution in [0.3, 0.4) is 0 Å². The summed E-state index contributed by atoms with van der Waals surface area (Å²) in [4.78, 5) is 55.5. The molecule has 0 saturated carbocycles. The Balaban J connectivity index is 1.55. The lowest BCUT2D eigenvalue weighted by Crippen LogP contribution is -2.51. The first-order chi connectivity index (χ1) is 16.1. The van der Waals surface area contributed by atoms with Crippen molar-refractivity contribution >= 4 is 42.7 Å². The first kappa shape index (κ1) is 23.9. The Hall–Kier alpha value is -3.21. The summed E-state index contributed by atoms with van der Waals surface area (Å²) in [5.41, 5.74) is 0.444. The molecule has 0 radical (unpaired) electrons. The van der Waals surface area contributed by atoms with Gasteiger partial charge in [0.15, 0.2) is 0 Å². The number of rotatable bonds is 6. The largest absolute Gasteiger partial charge is 0.467 e. The molecule has 1 aromatic heterocycles. The van der Waals surface area contributed by atoms with Crippen molar-refractivity contribution in [3.8, 4) is 0 Å². The maximum atomic E-state index is 14.1. The van der Waals surface area contributed by atoms with Crippen LogP contribution in [-0.2, 0) is 19.1 Å². The predicted octanol–water partition coefficient (Wildman–Crippen LogP) is 1.56. The van der Waals surface area contributed by atoms with Crippen LogP contribution < -0.4 is 10.6 Å². The first-order valence-electron chi connectivity index (χ1n) is 11.3. The number of nitrogens with zero attached hydrogens (tertiary/aromatic N) is 1. The lowest BCUT2D eigenvalue weighted by atomic mass is 9.98. The third kappa shape index (κ3) is 4.70. The fourth-order valence-electron chi connectivity index (χ4n) is 4.88. The van der Waals surface area contributed by atoms with Crippen molar-refractivity contribution in [2.45, 2.75) is 44.1 Å². The Morgan fingerprint density at radius 3 is 2.74 bits per heavy atom. The van der Waals surface area contributed by atoms with Gasteiger partial charge in [-0.15, -0.1) is 0 Å². The van der Waals surface area contributed by atoms with Gasteiger partial charge < -0.3 is 25.3 Å². The number of methoxy groups -OCH3 is 1. The quantitative estimate of drug-likeness (QED) is 0.421. The summed E-state index contributed by atoms with van der Waals surface area (Å²) in [5, 5.41) is 6.03. The lowest BCUT2D eigenvalue weighted by molar-refractivity contribution is -0.146. The zero-order valence-corrected chi connectivity index (χ0v) is 20.4. The second kappa shape index (κ2) is 9.20. The van der Waals surface area contributed by atoms with Gasteiger partial charge in [0.1, 0.15) is 23.6 Å². The van der Waals surface area contributed by atoms with E-state index in [1.54, 1.807) is 18.2 Å². The molecule has 0 bridgehead atoms. The summed E-state index contributed by atoms with van der Waals surface area (Å²) < 4.78 is 19.0. The Morgan fingerprint density at radius 1 is 1.32 bits per heavy atom. The molecule has 3 atom stereocenters. The molecule has 2 aliphatic rings. The summed E-state index contributed by atoms with van der Waals surface area (Å²) in [6.07, 6.45) is 1.16. The molecule has 3 heterocycles. The maximum absolute atomic E-state index is 14.1. The summed E-state index contributed by atoms with van der Waals surface area (Å²) in [6, 6.07) is 4.94. The number of hydrogen-bond acceptors (Lipinski definition) is 5. The average Bonchev–Trinajstić information content (AvgIpc) is 3.49. The number of esters is 1. The number of aromatic nitrogens is 1. The molecule has 9 nitrogen and oxygen atoms in total. The number of benzene rings is 1. The van der Waals surface area contributed by atoms with Gasteiger partial charge >= 0.3 is 5.97 Å². The van der Waals surface area contributed by atoms with Gasteiger partial charge in [-0.3, -0.25) is 14.4 Å². The SMILES string of the molecule is COC(=O)[C@H](C[C@@H]1CCNC1=O)NC(=O)[C@@H]1C[Si](C)(C)CN1C(=O)c1cc2cccc(F)c2[nH]1. The monoisotopic (exact) mass is 488 g/mol. The van der Waals surface area contributed by atoms with Crippen molar-refractivity contribution < 1.29 is 28.3 Å². The molecule has 182 valence electrons. The minimum Gasteiger partial charge on any atom is -0.467 e. The highest BCUT2D eigenvalue weighted by Crippen LogP contribution is 2.30. The van der Waals surface area contributed by atoms with Gasteiger partial charge in [0, 0.05) is 24.0 Å². The van der Waals surface area contributed by atoms with Crippen LogP contribution in [0.1, 0.15) is 23.3 Å². The van der Waals surface area contributed by atoms with E-state index in [2.05, 4.69) is 28.7 Å². The van der Waals surface area contributed by atoms with Crippen LogP contribution in [0.4, 0.5) is 4.39 Å². The van der Waals surface area contributed by atoms with Gasteiger partial charge in [0.25, 0.3) is 5.91 Å². The fourth-order valence-corrected chi connectivity index (χ4v) is 7.75. The third-order valence-electron chi connectivity index (χ3n) is 6.61.